The number of pyridine rings is 1. The number of likely N-dealkylation sites (N-methyl/N-ethyl adjacent to an activating group) is 1. The van der Waals surface area contributed by atoms with Gasteiger partial charge in [0.1, 0.15) is 17.7 Å². The van der Waals surface area contributed by atoms with E-state index in [1.165, 1.54) is 12.1 Å². The molecule has 9 heteroatoms. The summed E-state index contributed by atoms with van der Waals surface area (Å²) in [4.78, 5) is 18.5. The Morgan fingerprint density at radius 2 is 1.97 bits per heavy atom. The number of hydrogen-bond donors (Lipinski definition) is 2. The average Bonchev–Trinajstić information content (AvgIpc) is 3.16. The minimum absolute atomic E-state index is 0. The zero-order chi connectivity index (χ0) is 20.4. The molecule has 3 aromatic rings. The third kappa shape index (κ3) is 4.56. The van der Waals surface area contributed by atoms with Gasteiger partial charge >= 0.3 is 0 Å². The van der Waals surface area contributed by atoms with Gasteiger partial charge in [-0.3, -0.25) is 9.48 Å². The number of nitrogens with zero attached hydrogens (tertiary/aromatic N) is 4. The van der Waals surface area contributed by atoms with Gasteiger partial charge in [0.05, 0.1) is 30.3 Å². The maximum absolute atomic E-state index is 13.0. The van der Waals surface area contributed by atoms with Gasteiger partial charge in [0, 0.05) is 31.4 Å². The lowest BCUT2D eigenvalue weighted by atomic mass is 10.1. The Morgan fingerprint density at radius 1 is 1.20 bits per heavy atom. The van der Waals surface area contributed by atoms with E-state index >= 15 is 0 Å². The lowest BCUT2D eigenvalue weighted by Crippen LogP contribution is -2.45. The van der Waals surface area contributed by atoms with Crippen molar-refractivity contribution in [1.29, 1.82) is 0 Å². The van der Waals surface area contributed by atoms with E-state index in [1.54, 1.807) is 24.5 Å². The molecule has 2 aromatic heterocycles. The van der Waals surface area contributed by atoms with Crippen LogP contribution in [-0.4, -0.2) is 33.8 Å². The topological polar surface area (TPSA) is 75.1 Å². The van der Waals surface area contributed by atoms with Crippen LogP contribution in [0, 0.1) is 5.82 Å². The standard InChI is InChI=1S/C21H23FN6O.H2S/c1-3-18-21(29)26-17-11-24-20(8-19(17)27(18)2)23-9-15-10-25-28(13-15)12-14-4-6-16(22)7-5-14;/h4-8,10-11,13,18H,3,9,12H2,1-2H3,(H,23,24)(H,26,29);1H2/t18-;/m0./s1. The van der Waals surface area contributed by atoms with Gasteiger partial charge in [-0.25, -0.2) is 9.37 Å². The third-order valence-corrected chi connectivity index (χ3v) is 5.10. The van der Waals surface area contributed by atoms with Crippen LogP contribution >= 0.6 is 13.5 Å². The fraction of sp³-hybridized carbons (Fsp3) is 0.286. The normalized spacial score (nSPS) is 15.2. The van der Waals surface area contributed by atoms with Gasteiger partial charge in [0.2, 0.25) is 5.91 Å². The van der Waals surface area contributed by atoms with Crippen LogP contribution in [0.3, 0.4) is 0 Å². The Morgan fingerprint density at radius 3 is 2.70 bits per heavy atom. The number of carbonyl (C=O) groups excluding carboxylic acids is 1. The fourth-order valence-electron chi connectivity index (χ4n) is 3.50. The number of amides is 1. The van der Waals surface area contributed by atoms with Crippen molar-refractivity contribution in [1.82, 2.24) is 14.8 Å². The summed E-state index contributed by atoms with van der Waals surface area (Å²) < 4.78 is 14.8. The molecule has 3 heterocycles. The maximum atomic E-state index is 13.0. The summed E-state index contributed by atoms with van der Waals surface area (Å²) in [6, 6.07) is 8.18. The molecule has 1 amide bonds. The van der Waals surface area contributed by atoms with Crippen molar-refractivity contribution in [2.24, 2.45) is 0 Å². The number of rotatable bonds is 6. The number of anilines is 3. The van der Waals surface area contributed by atoms with E-state index in [9.17, 15) is 9.18 Å². The van der Waals surface area contributed by atoms with Crippen molar-refractivity contribution in [2.75, 3.05) is 22.6 Å². The minimum atomic E-state index is -0.243. The molecule has 7 nitrogen and oxygen atoms in total. The molecule has 0 saturated carbocycles. The Labute approximate surface area is 181 Å². The van der Waals surface area contributed by atoms with Crippen LogP contribution in [0.4, 0.5) is 21.6 Å². The van der Waals surface area contributed by atoms with Crippen LogP contribution in [0.15, 0.2) is 48.9 Å². The summed E-state index contributed by atoms with van der Waals surface area (Å²) in [7, 11) is 1.93. The Hall–Kier alpha value is -3.07. The zero-order valence-corrected chi connectivity index (χ0v) is 17.9. The van der Waals surface area contributed by atoms with Gasteiger partial charge in [0.25, 0.3) is 0 Å². The van der Waals surface area contributed by atoms with Crippen molar-refractivity contribution in [3.63, 3.8) is 0 Å². The molecule has 158 valence electrons. The molecule has 0 radical (unpaired) electrons. The third-order valence-electron chi connectivity index (χ3n) is 5.10. The highest BCUT2D eigenvalue weighted by molar-refractivity contribution is 7.59. The predicted octanol–water partition coefficient (Wildman–Crippen LogP) is 3.36. The van der Waals surface area contributed by atoms with Crippen LogP contribution < -0.4 is 15.5 Å². The van der Waals surface area contributed by atoms with Crippen LogP contribution in [-0.2, 0) is 17.9 Å². The summed E-state index contributed by atoms with van der Waals surface area (Å²) in [6.45, 7) is 3.15. The maximum Gasteiger partial charge on any atom is 0.247 e. The number of hydrogen-bond acceptors (Lipinski definition) is 5. The molecule has 1 aliphatic rings. The summed E-state index contributed by atoms with van der Waals surface area (Å²) in [5.41, 5.74) is 3.67. The van der Waals surface area contributed by atoms with Crippen molar-refractivity contribution in [2.45, 2.75) is 32.5 Å². The average molecular weight is 429 g/mol. The number of halogens is 1. The molecule has 1 atom stereocenters. The molecule has 30 heavy (non-hydrogen) atoms. The van der Waals surface area contributed by atoms with Crippen molar-refractivity contribution in [3.05, 3.63) is 65.9 Å². The van der Waals surface area contributed by atoms with Gasteiger partial charge in [0.15, 0.2) is 0 Å². The van der Waals surface area contributed by atoms with E-state index in [0.29, 0.717) is 13.1 Å². The van der Waals surface area contributed by atoms with Gasteiger partial charge < -0.3 is 15.5 Å². The quantitative estimate of drug-likeness (QED) is 0.630. The van der Waals surface area contributed by atoms with E-state index in [0.717, 1.165) is 34.7 Å². The van der Waals surface area contributed by atoms with Crippen LogP contribution in [0.25, 0.3) is 0 Å². The second kappa shape index (κ2) is 9.17. The first-order chi connectivity index (χ1) is 14.0. The van der Waals surface area contributed by atoms with Crippen LogP contribution in [0.2, 0.25) is 0 Å². The minimum Gasteiger partial charge on any atom is -0.366 e. The van der Waals surface area contributed by atoms with Gasteiger partial charge in [-0.1, -0.05) is 19.1 Å². The number of aromatic nitrogens is 3. The van der Waals surface area contributed by atoms with Crippen LogP contribution in [0.5, 0.6) is 0 Å². The lowest BCUT2D eigenvalue weighted by Gasteiger charge is -2.34. The summed E-state index contributed by atoms with van der Waals surface area (Å²) in [5.74, 6) is 0.485. The molecule has 0 fully saturated rings. The highest BCUT2D eigenvalue weighted by Gasteiger charge is 2.29. The van der Waals surface area contributed by atoms with E-state index in [1.807, 2.05) is 35.8 Å². The first-order valence-corrected chi connectivity index (χ1v) is 9.57. The smallest absolute Gasteiger partial charge is 0.247 e. The van der Waals surface area contributed by atoms with Gasteiger partial charge in [-0.15, -0.1) is 0 Å². The van der Waals surface area contributed by atoms with E-state index in [-0.39, 0.29) is 31.3 Å². The van der Waals surface area contributed by atoms with Crippen molar-refractivity contribution < 1.29 is 9.18 Å². The van der Waals surface area contributed by atoms with E-state index in [2.05, 4.69) is 20.7 Å². The second-order valence-corrected chi connectivity index (χ2v) is 7.14. The van der Waals surface area contributed by atoms with Crippen molar-refractivity contribution >= 4 is 36.6 Å². The second-order valence-electron chi connectivity index (χ2n) is 7.14. The summed E-state index contributed by atoms with van der Waals surface area (Å²) in [6.07, 6.45) is 6.17. The van der Waals surface area contributed by atoms with Crippen LogP contribution in [0.1, 0.15) is 24.5 Å². The molecular weight excluding hydrogens is 403 g/mol. The number of carbonyl (C=O) groups is 1. The highest BCUT2D eigenvalue weighted by Crippen LogP contribution is 2.33. The summed E-state index contributed by atoms with van der Waals surface area (Å²) >= 11 is 0. The molecule has 0 saturated heterocycles. The molecule has 0 bridgehead atoms. The molecule has 1 aliphatic heterocycles. The SMILES string of the molecule is CC[C@H]1C(=O)Nc2cnc(NCc3cnn(Cc4ccc(F)cc4)c3)cc2N1C.S. The molecule has 1 aromatic carbocycles. The van der Waals surface area contributed by atoms with E-state index < -0.39 is 0 Å². The molecule has 0 spiro atoms. The predicted molar refractivity (Wildman–Crippen MR) is 121 cm³/mol. The first-order valence-electron chi connectivity index (χ1n) is 9.57. The van der Waals surface area contributed by atoms with Crippen molar-refractivity contribution in [3.8, 4) is 0 Å². The number of fused-ring (bicyclic) bond motifs is 1. The van der Waals surface area contributed by atoms with Gasteiger partial charge in [-0.05, 0) is 24.1 Å². The number of benzene rings is 1. The number of nitrogens with one attached hydrogen (secondary N) is 2. The largest absolute Gasteiger partial charge is 0.366 e. The van der Waals surface area contributed by atoms with E-state index in [4.69, 9.17) is 0 Å². The summed E-state index contributed by atoms with van der Waals surface area (Å²) in [5, 5.41) is 10.6. The molecule has 0 aliphatic carbocycles. The molecule has 0 unspecified atom stereocenters. The molecule has 2 N–H and O–H groups in total. The lowest BCUT2D eigenvalue weighted by molar-refractivity contribution is -0.117. The molecular formula is C21H25FN6OS. The monoisotopic (exact) mass is 428 g/mol. The highest BCUT2D eigenvalue weighted by atomic mass is 32.1. The molecule has 4 rings (SSSR count). The zero-order valence-electron chi connectivity index (χ0n) is 16.9. The Balaban J connectivity index is 0.00000256. The fourth-order valence-corrected chi connectivity index (χ4v) is 3.50. The first kappa shape index (κ1) is 21.6. The Kier molecular flexibility index (Phi) is 6.61. The van der Waals surface area contributed by atoms with Gasteiger partial charge in [-0.2, -0.15) is 18.6 Å². The Bertz CT molecular complexity index is 1020.